The van der Waals surface area contributed by atoms with Crippen LogP contribution in [-0.2, 0) is 30.4 Å². The lowest BCUT2D eigenvalue weighted by molar-refractivity contribution is -0.142. The highest BCUT2D eigenvalue weighted by Gasteiger charge is 2.31. The van der Waals surface area contributed by atoms with Crippen LogP contribution in [0.25, 0.3) is 10.9 Å². The summed E-state index contributed by atoms with van der Waals surface area (Å²) in [6.45, 7) is 0.542. The van der Waals surface area contributed by atoms with Crippen molar-refractivity contribution in [1.82, 2.24) is 20.9 Å². The van der Waals surface area contributed by atoms with Gasteiger partial charge < -0.3 is 54.7 Å². The molecule has 44 heavy (non-hydrogen) atoms. The topological polar surface area (TPSA) is 300 Å². The normalized spacial score (nSPS) is 13.7. The van der Waals surface area contributed by atoms with Crippen LogP contribution in [0, 0.1) is 0 Å². The summed E-state index contributed by atoms with van der Waals surface area (Å²) in [6.07, 6.45) is 3.14. The SMILES string of the molecule is NCCCCC(NC(=O)C(Cc1c[nH]c2ccccc12)NC(=O)C(CCCN=C(N)N)NC(=O)C(N)CCC(N)=O)C(=O)O. The van der Waals surface area contributed by atoms with Gasteiger partial charge in [0.05, 0.1) is 6.04 Å². The summed E-state index contributed by atoms with van der Waals surface area (Å²) in [5, 5.41) is 18.3. The monoisotopic (exact) mass is 616 g/mol. The Balaban J connectivity index is 2.31. The van der Waals surface area contributed by atoms with E-state index in [-0.39, 0.29) is 51.0 Å². The number of rotatable bonds is 20. The summed E-state index contributed by atoms with van der Waals surface area (Å²) < 4.78 is 0. The average Bonchev–Trinajstić information content (AvgIpc) is 3.38. The molecule has 0 bridgehead atoms. The van der Waals surface area contributed by atoms with Gasteiger partial charge in [0.25, 0.3) is 0 Å². The Bertz CT molecular complexity index is 1310. The number of aromatic nitrogens is 1. The molecule has 0 radical (unpaired) electrons. The molecule has 1 aromatic heterocycles. The van der Waals surface area contributed by atoms with Gasteiger partial charge in [0.2, 0.25) is 23.6 Å². The third-order valence-corrected chi connectivity index (χ3v) is 6.91. The van der Waals surface area contributed by atoms with Crippen molar-refractivity contribution in [3.8, 4) is 0 Å². The zero-order valence-electron chi connectivity index (χ0n) is 24.6. The zero-order valence-corrected chi connectivity index (χ0v) is 24.6. The van der Waals surface area contributed by atoms with Gasteiger partial charge in [0.15, 0.2) is 5.96 Å². The van der Waals surface area contributed by atoms with E-state index in [4.69, 9.17) is 28.7 Å². The standard InChI is InChI=1S/C28H44N10O6/c29-12-4-3-8-21(27(43)44)37-26(42)22(14-16-15-35-19-7-2-1-6-17(16)19)38-25(41)20(9-5-13-34-28(32)33)36-24(40)18(30)10-11-23(31)39/h1-2,6-7,15,18,20-22,35H,3-5,8-14,29-30H2,(H2,31,39)(H,36,40)(H,37,42)(H,38,41)(H,43,44)(H4,32,33,34). The molecule has 242 valence electrons. The molecule has 0 saturated heterocycles. The summed E-state index contributed by atoms with van der Waals surface area (Å²) in [7, 11) is 0. The van der Waals surface area contributed by atoms with Crippen molar-refractivity contribution in [3.63, 3.8) is 0 Å². The van der Waals surface area contributed by atoms with Crippen molar-refractivity contribution >= 4 is 46.5 Å². The van der Waals surface area contributed by atoms with Crippen molar-refractivity contribution in [2.75, 3.05) is 13.1 Å². The fourth-order valence-corrected chi connectivity index (χ4v) is 4.50. The number of primary amides is 1. The maximum absolute atomic E-state index is 13.6. The molecule has 2 rings (SSSR count). The van der Waals surface area contributed by atoms with E-state index in [2.05, 4.69) is 25.9 Å². The lowest BCUT2D eigenvalue weighted by Gasteiger charge is -2.25. The number of nitrogens with zero attached hydrogens (tertiary/aromatic N) is 1. The highest BCUT2D eigenvalue weighted by atomic mass is 16.4. The van der Waals surface area contributed by atoms with E-state index in [1.165, 1.54) is 0 Å². The number of hydrogen-bond acceptors (Lipinski definition) is 8. The van der Waals surface area contributed by atoms with Gasteiger partial charge in [0.1, 0.15) is 18.1 Å². The minimum atomic E-state index is -1.22. The Morgan fingerprint density at radius 1 is 0.841 bits per heavy atom. The molecule has 2 aromatic rings. The maximum atomic E-state index is 13.6. The van der Waals surface area contributed by atoms with Crippen LogP contribution in [0.15, 0.2) is 35.5 Å². The quantitative estimate of drug-likeness (QED) is 0.0444. The van der Waals surface area contributed by atoms with Crippen LogP contribution in [0.1, 0.15) is 50.5 Å². The van der Waals surface area contributed by atoms with Crippen molar-refractivity contribution in [1.29, 1.82) is 0 Å². The minimum Gasteiger partial charge on any atom is -0.480 e. The first-order valence-electron chi connectivity index (χ1n) is 14.4. The van der Waals surface area contributed by atoms with Gasteiger partial charge in [-0.05, 0) is 56.7 Å². The van der Waals surface area contributed by atoms with Gasteiger partial charge >= 0.3 is 5.97 Å². The summed E-state index contributed by atoms with van der Waals surface area (Å²) in [4.78, 5) is 69.9. The van der Waals surface area contributed by atoms with E-state index in [9.17, 15) is 29.1 Å². The number of fused-ring (bicyclic) bond motifs is 1. The molecule has 0 saturated carbocycles. The number of hydrogen-bond donors (Lipinski definition) is 10. The molecule has 0 aliphatic carbocycles. The smallest absolute Gasteiger partial charge is 0.326 e. The number of H-pyrrole nitrogens is 1. The molecule has 1 aromatic carbocycles. The molecule has 4 unspecified atom stereocenters. The van der Waals surface area contributed by atoms with Crippen LogP contribution in [0.2, 0.25) is 0 Å². The maximum Gasteiger partial charge on any atom is 0.326 e. The zero-order chi connectivity index (χ0) is 32.6. The summed E-state index contributed by atoms with van der Waals surface area (Å²) in [6, 6.07) is 2.69. The number of carbonyl (C=O) groups is 5. The Labute approximate surface area is 254 Å². The number of carboxylic acid groups (broad SMARTS) is 1. The van der Waals surface area contributed by atoms with Crippen LogP contribution in [-0.4, -0.2) is 82.9 Å². The summed E-state index contributed by atoms with van der Waals surface area (Å²) in [5.41, 5.74) is 28.8. The molecule has 15 N–H and O–H groups in total. The molecule has 1 heterocycles. The Hall–Kier alpha value is -4.70. The van der Waals surface area contributed by atoms with Crippen molar-refractivity contribution < 1.29 is 29.1 Å². The number of para-hydroxylation sites is 1. The van der Waals surface area contributed by atoms with E-state index < -0.39 is 53.8 Å². The number of unbranched alkanes of at least 4 members (excludes halogenated alkanes) is 1. The second-order valence-electron chi connectivity index (χ2n) is 10.4. The van der Waals surface area contributed by atoms with Gasteiger partial charge in [-0.25, -0.2) is 4.79 Å². The molecular weight excluding hydrogens is 572 g/mol. The minimum absolute atomic E-state index is 0.0174. The van der Waals surface area contributed by atoms with Gasteiger partial charge in [-0.1, -0.05) is 18.2 Å². The van der Waals surface area contributed by atoms with E-state index >= 15 is 0 Å². The molecule has 16 nitrogen and oxygen atoms in total. The Morgan fingerprint density at radius 2 is 1.48 bits per heavy atom. The molecule has 0 fully saturated rings. The number of aliphatic imine (C=N–C) groups is 1. The second kappa shape index (κ2) is 18.1. The fourth-order valence-electron chi connectivity index (χ4n) is 4.50. The molecule has 0 aliphatic heterocycles. The predicted molar refractivity (Wildman–Crippen MR) is 165 cm³/mol. The van der Waals surface area contributed by atoms with Crippen LogP contribution >= 0.6 is 0 Å². The third kappa shape index (κ3) is 11.9. The first kappa shape index (κ1) is 35.5. The predicted octanol–water partition coefficient (Wildman–Crippen LogP) is -1.98. The van der Waals surface area contributed by atoms with Gasteiger partial charge in [0, 0.05) is 36.5 Å². The van der Waals surface area contributed by atoms with Crippen LogP contribution < -0.4 is 44.6 Å². The largest absolute Gasteiger partial charge is 0.480 e. The Kier molecular flexibility index (Phi) is 14.6. The molecule has 16 heteroatoms. The molecule has 4 amide bonds. The number of nitrogens with one attached hydrogen (secondary N) is 4. The number of guanidine groups is 1. The first-order valence-corrected chi connectivity index (χ1v) is 14.4. The lowest BCUT2D eigenvalue weighted by Crippen LogP contribution is -2.57. The number of aromatic amines is 1. The molecule has 4 atom stereocenters. The highest BCUT2D eigenvalue weighted by Crippen LogP contribution is 2.19. The number of benzene rings is 1. The van der Waals surface area contributed by atoms with E-state index in [0.717, 1.165) is 10.9 Å². The number of amides is 4. The number of aliphatic carboxylic acids is 1. The van der Waals surface area contributed by atoms with Crippen molar-refractivity contribution in [3.05, 3.63) is 36.0 Å². The second-order valence-corrected chi connectivity index (χ2v) is 10.4. The first-order chi connectivity index (χ1) is 20.9. The van der Waals surface area contributed by atoms with E-state index in [0.29, 0.717) is 24.9 Å². The van der Waals surface area contributed by atoms with Crippen LogP contribution in [0.4, 0.5) is 0 Å². The van der Waals surface area contributed by atoms with Gasteiger partial charge in [-0.3, -0.25) is 24.2 Å². The van der Waals surface area contributed by atoms with Crippen molar-refractivity contribution in [2.24, 2.45) is 33.7 Å². The van der Waals surface area contributed by atoms with Crippen LogP contribution in [0.5, 0.6) is 0 Å². The van der Waals surface area contributed by atoms with E-state index in [1.807, 2.05) is 24.3 Å². The number of nitrogens with two attached hydrogens (primary N) is 5. The van der Waals surface area contributed by atoms with Gasteiger partial charge in [-0.2, -0.15) is 0 Å². The van der Waals surface area contributed by atoms with Crippen LogP contribution in [0.3, 0.4) is 0 Å². The molecular formula is C28H44N10O6. The van der Waals surface area contributed by atoms with Crippen molar-refractivity contribution in [2.45, 2.75) is 75.5 Å². The molecule has 0 spiro atoms. The fraction of sp³-hybridized carbons (Fsp3) is 0.500. The number of carboxylic acids is 1. The third-order valence-electron chi connectivity index (χ3n) is 6.91. The van der Waals surface area contributed by atoms with E-state index in [1.54, 1.807) is 6.20 Å². The molecule has 0 aliphatic rings. The summed E-state index contributed by atoms with van der Waals surface area (Å²) >= 11 is 0. The van der Waals surface area contributed by atoms with Gasteiger partial charge in [-0.15, -0.1) is 0 Å². The highest BCUT2D eigenvalue weighted by molar-refractivity contribution is 5.95. The lowest BCUT2D eigenvalue weighted by atomic mass is 10.0. The number of carbonyl (C=O) groups excluding carboxylic acids is 4. The summed E-state index contributed by atoms with van der Waals surface area (Å²) in [5.74, 6) is -4.11. The Morgan fingerprint density at radius 3 is 2.14 bits per heavy atom. The average molecular weight is 617 g/mol.